The first-order chi connectivity index (χ1) is 9.08. The van der Waals surface area contributed by atoms with Gasteiger partial charge in [-0.15, -0.1) is 0 Å². The van der Waals surface area contributed by atoms with E-state index in [4.69, 9.17) is 22.9 Å². The van der Waals surface area contributed by atoms with Gasteiger partial charge in [0.05, 0.1) is 5.56 Å². The Bertz CT molecular complexity index is 469. The molecule has 19 heavy (non-hydrogen) atoms. The highest BCUT2D eigenvalue weighted by atomic mass is 32.1. The Morgan fingerprint density at radius 2 is 2.16 bits per heavy atom. The molecule has 0 radical (unpaired) electrons. The number of fused-ring (bicyclic) bond motifs is 1. The maximum Gasteiger partial charge on any atom is 0.136 e. The number of aryl methyl sites for hydroxylation is 2. The Labute approximate surface area is 121 Å². The third kappa shape index (κ3) is 3.66. The van der Waals surface area contributed by atoms with Crippen molar-refractivity contribution in [1.82, 2.24) is 4.98 Å². The van der Waals surface area contributed by atoms with Gasteiger partial charge < -0.3 is 11.1 Å². The summed E-state index contributed by atoms with van der Waals surface area (Å²) in [7, 11) is 0. The van der Waals surface area contributed by atoms with E-state index < -0.39 is 0 Å². The molecule has 3 nitrogen and oxygen atoms in total. The van der Waals surface area contributed by atoms with E-state index in [2.05, 4.69) is 25.2 Å². The molecule has 1 aromatic heterocycles. The Morgan fingerprint density at radius 3 is 2.84 bits per heavy atom. The van der Waals surface area contributed by atoms with Gasteiger partial charge in [-0.2, -0.15) is 0 Å². The zero-order chi connectivity index (χ0) is 13.8. The zero-order valence-electron chi connectivity index (χ0n) is 11.8. The molecule has 3 N–H and O–H groups in total. The van der Waals surface area contributed by atoms with Gasteiger partial charge in [-0.1, -0.05) is 26.1 Å². The van der Waals surface area contributed by atoms with Crippen LogP contribution in [0.15, 0.2) is 6.07 Å². The van der Waals surface area contributed by atoms with Gasteiger partial charge in [0.1, 0.15) is 10.8 Å². The van der Waals surface area contributed by atoms with Crippen molar-refractivity contribution in [2.45, 2.75) is 46.0 Å². The van der Waals surface area contributed by atoms with E-state index in [1.54, 1.807) is 0 Å². The summed E-state index contributed by atoms with van der Waals surface area (Å²) >= 11 is 5.15. The third-order valence-corrected chi connectivity index (χ3v) is 3.80. The quantitative estimate of drug-likeness (QED) is 0.812. The average Bonchev–Trinajstić information content (AvgIpc) is 2.37. The van der Waals surface area contributed by atoms with Gasteiger partial charge in [-0.3, -0.25) is 0 Å². The highest BCUT2D eigenvalue weighted by molar-refractivity contribution is 7.80. The minimum atomic E-state index is 0.438. The minimum absolute atomic E-state index is 0.438. The number of pyridine rings is 1. The van der Waals surface area contributed by atoms with Crippen LogP contribution >= 0.6 is 12.2 Å². The summed E-state index contributed by atoms with van der Waals surface area (Å²) < 4.78 is 0. The lowest BCUT2D eigenvalue weighted by molar-refractivity contribution is 0.606. The fraction of sp³-hybridized carbons (Fsp3) is 0.600. The Hall–Kier alpha value is -1.16. The van der Waals surface area contributed by atoms with Gasteiger partial charge in [0.15, 0.2) is 0 Å². The molecule has 0 atom stereocenters. The highest BCUT2D eigenvalue weighted by Gasteiger charge is 2.16. The Kier molecular flexibility index (Phi) is 4.75. The number of nitrogens with two attached hydrogens (primary N) is 1. The summed E-state index contributed by atoms with van der Waals surface area (Å²) in [5, 5.41) is 3.40. The fourth-order valence-electron chi connectivity index (χ4n) is 2.44. The largest absolute Gasteiger partial charge is 0.389 e. The smallest absolute Gasteiger partial charge is 0.136 e. The topological polar surface area (TPSA) is 50.9 Å². The summed E-state index contributed by atoms with van der Waals surface area (Å²) in [4.78, 5) is 5.19. The number of hydrogen-bond acceptors (Lipinski definition) is 3. The molecule has 0 aromatic carbocycles. The number of aromatic nitrogens is 1. The fourth-order valence-corrected chi connectivity index (χ4v) is 2.59. The van der Waals surface area contributed by atoms with Crippen LogP contribution in [0.5, 0.6) is 0 Å². The lowest BCUT2D eigenvalue weighted by atomic mass is 9.94. The van der Waals surface area contributed by atoms with Crippen LogP contribution in [0.2, 0.25) is 0 Å². The van der Waals surface area contributed by atoms with Crippen LogP contribution < -0.4 is 11.1 Å². The standard InChI is InChI=1S/C15H23N3S/c1-10(2)7-8-17-15-12(14(16)19)9-11-5-3-4-6-13(11)18-15/h9-10H,3-8H2,1-2H3,(H2,16,19)(H,17,18). The van der Waals surface area contributed by atoms with Crippen LogP contribution in [0, 0.1) is 5.92 Å². The zero-order valence-corrected chi connectivity index (χ0v) is 12.6. The first-order valence-electron chi connectivity index (χ1n) is 7.14. The SMILES string of the molecule is CC(C)CCNc1nc2c(cc1C(N)=S)CCCC2. The Morgan fingerprint density at radius 1 is 1.42 bits per heavy atom. The molecule has 0 fully saturated rings. The van der Waals surface area contributed by atoms with Crippen molar-refractivity contribution in [3.8, 4) is 0 Å². The molecular weight excluding hydrogens is 254 g/mol. The predicted octanol–water partition coefficient (Wildman–Crippen LogP) is 3.05. The number of anilines is 1. The van der Waals surface area contributed by atoms with Crippen molar-refractivity contribution in [3.05, 3.63) is 22.9 Å². The molecule has 1 aromatic rings. The normalized spacial score (nSPS) is 14.3. The van der Waals surface area contributed by atoms with Crippen LogP contribution in [0.3, 0.4) is 0 Å². The molecule has 0 unspecified atom stereocenters. The van der Waals surface area contributed by atoms with Crippen LogP contribution in [0.25, 0.3) is 0 Å². The van der Waals surface area contributed by atoms with Gasteiger partial charge in [-0.05, 0) is 49.7 Å². The molecule has 0 bridgehead atoms. The number of thiocarbonyl (C=S) groups is 1. The maximum atomic E-state index is 5.83. The minimum Gasteiger partial charge on any atom is -0.389 e. The number of nitrogens with one attached hydrogen (secondary N) is 1. The summed E-state index contributed by atoms with van der Waals surface area (Å²) in [5.74, 6) is 1.55. The van der Waals surface area contributed by atoms with E-state index in [-0.39, 0.29) is 0 Å². The maximum absolute atomic E-state index is 5.83. The average molecular weight is 277 g/mol. The monoisotopic (exact) mass is 277 g/mol. The molecule has 0 aliphatic heterocycles. The van der Waals surface area contributed by atoms with Crippen molar-refractivity contribution >= 4 is 23.0 Å². The first kappa shape index (κ1) is 14.3. The van der Waals surface area contributed by atoms with Crippen LogP contribution in [-0.4, -0.2) is 16.5 Å². The van der Waals surface area contributed by atoms with Crippen molar-refractivity contribution in [1.29, 1.82) is 0 Å². The number of hydrogen-bond donors (Lipinski definition) is 2. The van der Waals surface area contributed by atoms with E-state index in [0.717, 1.165) is 37.2 Å². The second-order valence-electron chi connectivity index (χ2n) is 5.67. The van der Waals surface area contributed by atoms with Crippen molar-refractivity contribution < 1.29 is 0 Å². The molecule has 0 amide bonds. The Balaban J connectivity index is 2.21. The van der Waals surface area contributed by atoms with E-state index in [1.165, 1.54) is 24.1 Å². The van der Waals surface area contributed by atoms with Crippen molar-refractivity contribution in [2.75, 3.05) is 11.9 Å². The van der Waals surface area contributed by atoms with Crippen LogP contribution in [-0.2, 0) is 12.8 Å². The molecular formula is C15H23N3S. The molecule has 4 heteroatoms. The van der Waals surface area contributed by atoms with E-state index in [1.807, 2.05) is 0 Å². The van der Waals surface area contributed by atoms with E-state index in [0.29, 0.717) is 10.9 Å². The summed E-state index contributed by atoms with van der Waals surface area (Å²) in [6, 6.07) is 2.14. The third-order valence-electron chi connectivity index (χ3n) is 3.58. The first-order valence-corrected chi connectivity index (χ1v) is 7.55. The van der Waals surface area contributed by atoms with Gasteiger partial charge in [0.2, 0.25) is 0 Å². The molecule has 0 saturated heterocycles. The van der Waals surface area contributed by atoms with Gasteiger partial charge in [0.25, 0.3) is 0 Å². The molecule has 104 valence electrons. The number of nitrogens with zero attached hydrogens (tertiary/aromatic N) is 1. The second kappa shape index (κ2) is 6.33. The predicted molar refractivity (Wildman–Crippen MR) is 84.7 cm³/mol. The summed E-state index contributed by atoms with van der Waals surface area (Å²) in [6.45, 7) is 5.35. The highest BCUT2D eigenvalue weighted by Crippen LogP contribution is 2.24. The van der Waals surface area contributed by atoms with Crippen LogP contribution in [0.4, 0.5) is 5.82 Å². The number of rotatable bonds is 5. The molecule has 0 spiro atoms. The van der Waals surface area contributed by atoms with Crippen molar-refractivity contribution in [2.24, 2.45) is 11.7 Å². The van der Waals surface area contributed by atoms with Crippen molar-refractivity contribution in [3.63, 3.8) is 0 Å². The molecule has 1 aliphatic carbocycles. The molecule has 2 rings (SSSR count). The van der Waals surface area contributed by atoms with Gasteiger partial charge in [0, 0.05) is 12.2 Å². The van der Waals surface area contributed by atoms with E-state index >= 15 is 0 Å². The lowest BCUT2D eigenvalue weighted by Gasteiger charge is -2.19. The summed E-state index contributed by atoms with van der Waals surface area (Å²) in [6.07, 6.45) is 5.77. The van der Waals surface area contributed by atoms with E-state index in [9.17, 15) is 0 Å². The molecule has 0 saturated carbocycles. The van der Waals surface area contributed by atoms with Gasteiger partial charge >= 0.3 is 0 Å². The molecule has 1 aliphatic rings. The van der Waals surface area contributed by atoms with Gasteiger partial charge in [-0.25, -0.2) is 4.98 Å². The van der Waals surface area contributed by atoms with Crippen LogP contribution in [0.1, 0.15) is 49.9 Å². The molecule has 1 heterocycles. The lowest BCUT2D eigenvalue weighted by Crippen LogP contribution is -2.18. The second-order valence-corrected chi connectivity index (χ2v) is 6.11. The summed E-state index contributed by atoms with van der Waals surface area (Å²) in [5.41, 5.74) is 9.28.